The van der Waals surface area contributed by atoms with Crippen molar-refractivity contribution in [1.82, 2.24) is 4.90 Å². The molecule has 1 saturated heterocycles. The molecule has 3 nitrogen and oxygen atoms in total. The average molecular weight is 280 g/mol. The standard InChI is InChI=1S/C16H25FN2O/c1-16(12-18,10-13-6-3-4-8-15(13)17)19(2)11-14-7-5-9-20-14/h3-4,6,8,14H,5,7,9-12,18H2,1-2H3. The lowest BCUT2D eigenvalue weighted by atomic mass is 9.90. The monoisotopic (exact) mass is 280 g/mol. The lowest BCUT2D eigenvalue weighted by Crippen LogP contribution is -2.53. The molecule has 1 aromatic carbocycles. The molecule has 2 rings (SSSR count). The quantitative estimate of drug-likeness (QED) is 0.868. The van der Waals surface area contributed by atoms with Gasteiger partial charge in [-0.25, -0.2) is 4.39 Å². The molecule has 0 amide bonds. The van der Waals surface area contributed by atoms with E-state index in [4.69, 9.17) is 10.5 Å². The zero-order chi connectivity index (χ0) is 14.6. The van der Waals surface area contributed by atoms with Crippen molar-refractivity contribution >= 4 is 0 Å². The van der Waals surface area contributed by atoms with Crippen molar-refractivity contribution in [3.8, 4) is 0 Å². The van der Waals surface area contributed by atoms with Gasteiger partial charge < -0.3 is 10.5 Å². The van der Waals surface area contributed by atoms with Gasteiger partial charge in [0.25, 0.3) is 0 Å². The van der Waals surface area contributed by atoms with Gasteiger partial charge in [0.05, 0.1) is 6.10 Å². The molecule has 20 heavy (non-hydrogen) atoms. The van der Waals surface area contributed by atoms with Crippen molar-refractivity contribution in [3.05, 3.63) is 35.6 Å². The molecule has 1 heterocycles. The third kappa shape index (κ3) is 3.57. The predicted molar refractivity (Wildman–Crippen MR) is 79.2 cm³/mol. The number of benzene rings is 1. The van der Waals surface area contributed by atoms with E-state index in [-0.39, 0.29) is 17.5 Å². The lowest BCUT2D eigenvalue weighted by molar-refractivity contribution is 0.0431. The van der Waals surface area contributed by atoms with Crippen molar-refractivity contribution in [2.24, 2.45) is 5.73 Å². The Kier molecular flexibility index (Phi) is 5.13. The van der Waals surface area contributed by atoms with Gasteiger partial charge in [-0.2, -0.15) is 0 Å². The van der Waals surface area contributed by atoms with E-state index >= 15 is 0 Å². The summed E-state index contributed by atoms with van der Waals surface area (Å²) in [4.78, 5) is 2.22. The van der Waals surface area contributed by atoms with Gasteiger partial charge in [0.15, 0.2) is 0 Å². The maximum Gasteiger partial charge on any atom is 0.126 e. The van der Waals surface area contributed by atoms with E-state index in [1.165, 1.54) is 6.07 Å². The molecule has 0 aromatic heterocycles. The molecule has 1 aliphatic rings. The summed E-state index contributed by atoms with van der Waals surface area (Å²) in [5.74, 6) is -0.155. The maximum atomic E-state index is 13.8. The van der Waals surface area contributed by atoms with Crippen LogP contribution in [0.3, 0.4) is 0 Å². The van der Waals surface area contributed by atoms with Crippen LogP contribution < -0.4 is 5.73 Å². The number of hydrogen-bond donors (Lipinski definition) is 1. The zero-order valence-electron chi connectivity index (χ0n) is 12.4. The second kappa shape index (κ2) is 6.66. The van der Waals surface area contributed by atoms with Crippen LogP contribution in [0, 0.1) is 5.82 Å². The molecule has 1 fully saturated rings. The largest absolute Gasteiger partial charge is 0.377 e. The van der Waals surface area contributed by atoms with Crippen LogP contribution in [0.1, 0.15) is 25.3 Å². The summed E-state index contributed by atoms with van der Waals surface area (Å²) < 4.78 is 19.5. The van der Waals surface area contributed by atoms with Crippen LogP contribution >= 0.6 is 0 Å². The van der Waals surface area contributed by atoms with Crippen LogP contribution in [-0.2, 0) is 11.2 Å². The Morgan fingerprint density at radius 3 is 2.80 bits per heavy atom. The molecule has 0 aliphatic carbocycles. The molecule has 2 unspecified atom stereocenters. The molecule has 112 valence electrons. The fourth-order valence-corrected chi connectivity index (χ4v) is 2.73. The maximum absolute atomic E-state index is 13.8. The normalized spacial score (nSPS) is 22.1. The number of halogens is 1. The molecule has 4 heteroatoms. The van der Waals surface area contributed by atoms with Gasteiger partial charge in [0.2, 0.25) is 0 Å². The van der Waals surface area contributed by atoms with Crippen LogP contribution in [0.5, 0.6) is 0 Å². The first-order valence-electron chi connectivity index (χ1n) is 7.31. The minimum Gasteiger partial charge on any atom is -0.377 e. The van der Waals surface area contributed by atoms with Gasteiger partial charge in [0, 0.05) is 25.2 Å². The third-order valence-electron chi connectivity index (χ3n) is 4.39. The molecule has 2 N–H and O–H groups in total. The fourth-order valence-electron chi connectivity index (χ4n) is 2.73. The summed E-state index contributed by atoms with van der Waals surface area (Å²) in [6.45, 7) is 4.28. The molecule has 1 aliphatic heterocycles. The molecule has 0 spiro atoms. The van der Waals surface area contributed by atoms with Gasteiger partial charge in [-0.3, -0.25) is 4.90 Å². The topological polar surface area (TPSA) is 38.5 Å². The smallest absolute Gasteiger partial charge is 0.126 e. The Hall–Kier alpha value is -0.970. The second-order valence-electron chi connectivity index (χ2n) is 5.98. The van der Waals surface area contributed by atoms with Gasteiger partial charge >= 0.3 is 0 Å². The first-order valence-corrected chi connectivity index (χ1v) is 7.31. The van der Waals surface area contributed by atoms with Crippen molar-refractivity contribution < 1.29 is 9.13 Å². The SMILES string of the molecule is CN(CC1CCCO1)C(C)(CN)Cc1ccccc1F. The highest BCUT2D eigenvalue weighted by Gasteiger charge is 2.31. The summed E-state index contributed by atoms with van der Waals surface area (Å²) in [6.07, 6.45) is 3.13. The molecule has 0 saturated carbocycles. The molecule has 0 radical (unpaired) electrons. The van der Waals surface area contributed by atoms with E-state index in [1.807, 2.05) is 12.1 Å². The summed E-state index contributed by atoms with van der Waals surface area (Å²) >= 11 is 0. The Morgan fingerprint density at radius 1 is 1.45 bits per heavy atom. The minimum absolute atomic E-state index is 0.155. The average Bonchev–Trinajstić information content (AvgIpc) is 2.94. The van der Waals surface area contributed by atoms with Gasteiger partial charge in [-0.15, -0.1) is 0 Å². The summed E-state index contributed by atoms with van der Waals surface area (Å²) in [5.41, 5.74) is 6.44. The number of likely N-dealkylation sites (N-methyl/N-ethyl adjacent to an activating group) is 1. The van der Waals surface area contributed by atoms with Crippen LogP contribution in [0.4, 0.5) is 4.39 Å². The minimum atomic E-state index is -0.256. The zero-order valence-corrected chi connectivity index (χ0v) is 12.4. The van der Waals surface area contributed by atoms with Crippen LogP contribution in [0.25, 0.3) is 0 Å². The molecule has 0 bridgehead atoms. The van der Waals surface area contributed by atoms with E-state index < -0.39 is 0 Å². The number of nitrogens with two attached hydrogens (primary N) is 1. The summed E-state index contributed by atoms with van der Waals surface area (Å²) in [6, 6.07) is 6.93. The Balaban J connectivity index is 2.05. The lowest BCUT2D eigenvalue weighted by Gasteiger charge is -2.39. The highest BCUT2D eigenvalue weighted by atomic mass is 19.1. The number of nitrogens with zero attached hydrogens (tertiary/aromatic N) is 1. The molecule has 1 aromatic rings. The highest BCUT2D eigenvalue weighted by molar-refractivity contribution is 5.20. The number of hydrogen-bond acceptors (Lipinski definition) is 3. The third-order valence-corrected chi connectivity index (χ3v) is 4.39. The Labute approximate surface area is 120 Å². The van der Waals surface area contributed by atoms with Gasteiger partial charge in [0.1, 0.15) is 5.82 Å². The Bertz CT molecular complexity index is 434. The van der Waals surface area contributed by atoms with E-state index in [0.717, 1.165) is 31.6 Å². The summed E-state index contributed by atoms with van der Waals surface area (Å²) in [5, 5.41) is 0. The second-order valence-corrected chi connectivity index (χ2v) is 5.98. The van der Waals surface area contributed by atoms with Crippen LogP contribution in [0.2, 0.25) is 0 Å². The first-order chi connectivity index (χ1) is 9.55. The molecular weight excluding hydrogens is 255 g/mol. The highest BCUT2D eigenvalue weighted by Crippen LogP contribution is 2.23. The Morgan fingerprint density at radius 2 is 2.20 bits per heavy atom. The van der Waals surface area contributed by atoms with Crippen LogP contribution in [-0.4, -0.2) is 43.3 Å². The van der Waals surface area contributed by atoms with Crippen molar-refractivity contribution in [3.63, 3.8) is 0 Å². The predicted octanol–water partition coefficient (Wildman–Crippen LogP) is 2.20. The van der Waals surface area contributed by atoms with Gasteiger partial charge in [-0.1, -0.05) is 18.2 Å². The van der Waals surface area contributed by atoms with Crippen molar-refractivity contribution in [1.29, 1.82) is 0 Å². The number of ether oxygens (including phenoxy) is 1. The molecule has 2 atom stereocenters. The van der Waals surface area contributed by atoms with Crippen LogP contribution in [0.15, 0.2) is 24.3 Å². The summed E-state index contributed by atoms with van der Waals surface area (Å²) in [7, 11) is 2.05. The number of rotatable bonds is 6. The van der Waals surface area contributed by atoms with Gasteiger partial charge in [-0.05, 0) is 44.9 Å². The first kappa shape index (κ1) is 15.4. The van der Waals surface area contributed by atoms with Crippen molar-refractivity contribution in [2.45, 2.75) is 37.8 Å². The molecular formula is C16H25FN2O. The van der Waals surface area contributed by atoms with E-state index in [0.29, 0.717) is 13.0 Å². The van der Waals surface area contributed by atoms with E-state index in [1.54, 1.807) is 6.07 Å². The van der Waals surface area contributed by atoms with Crippen molar-refractivity contribution in [2.75, 3.05) is 26.7 Å². The fraction of sp³-hybridized carbons (Fsp3) is 0.625. The van der Waals surface area contributed by atoms with E-state index in [2.05, 4.69) is 18.9 Å². The van der Waals surface area contributed by atoms with E-state index in [9.17, 15) is 4.39 Å².